The van der Waals surface area contributed by atoms with Crippen molar-refractivity contribution in [2.45, 2.75) is 19.4 Å². The molecule has 170 valence electrons. The molecule has 32 heavy (non-hydrogen) atoms. The lowest BCUT2D eigenvalue weighted by atomic mass is 9.98. The number of ether oxygens (including phenoxy) is 1. The highest BCUT2D eigenvalue weighted by atomic mass is 35.5. The summed E-state index contributed by atoms with van der Waals surface area (Å²) in [6.45, 7) is 0.858. The normalized spacial score (nSPS) is 17.4. The molecular formula is C21H23ClN4O4S2. The van der Waals surface area contributed by atoms with E-state index in [1.807, 2.05) is 12.1 Å². The third-order valence-corrected chi connectivity index (χ3v) is 8.24. The van der Waals surface area contributed by atoms with Gasteiger partial charge >= 0.3 is 0 Å². The second-order valence-electron chi connectivity index (χ2n) is 7.67. The van der Waals surface area contributed by atoms with Gasteiger partial charge in [0.05, 0.1) is 35.6 Å². The maximum Gasteiger partial charge on any atom is 0.233 e. The molecular weight excluding hydrogens is 472 g/mol. The summed E-state index contributed by atoms with van der Waals surface area (Å²) in [5, 5.41) is 1.01. The maximum absolute atomic E-state index is 13.7. The number of amides is 1. The zero-order valence-electron chi connectivity index (χ0n) is 17.7. The quantitative estimate of drug-likeness (QED) is 0.520. The molecule has 1 aliphatic heterocycles. The van der Waals surface area contributed by atoms with E-state index in [-0.39, 0.29) is 19.0 Å². The first kappa shape index (κ1) is 22.9. The van der Waals surface area contributed by atoms with E-state index in [4.69, 9.17) is 16.3 Å². The van der Waals surface area contributed by atoms with Gasteiger partial charge in [-0.05, 0) is 36.6 Å². The minimum Gasteiger partial charge on any atom is -0.494 e. The molecule has 0 aliphatic carbocycles. The van der Waals surface area contributed by atoms with E-state index in [1.54, 1.807) is 36.5 Å². The molecule has 1 fully saturated rings. The van der Waals surface area contributed by atoms with E-state index in [1.165, 1.54) is 21.9 Å². The molecule has 0 N–H and O–H groups in total. The number of nitrogens with zero attached hydrogens (tertiary/aromatic N) is 4. The number of anilines is 1. The molecule has 11 heteroatoms. The smallest absolute Gasteiger partial charge is 0.233 e. The number of hydrogen-bond acceptors (Lipinski definition) is 7. The minimum atomic E-state index is -3.37. The monoisotopic (exact) mass is 494 g/mol. The van der Waals surface area contributed by atoms with Crippen LogP contribution in [0, 0.1) is 5.92 Å². The molecule has 1 aliphatic rings. The molecule has 3 aromatic rings. The summed E-state index contributed by atoms with van der Waals surface area (Å²) in [7, 11) is -1.81. The zero-order valence-corrected chi connectivity index (χ0v) is 20.1. The molecule has 0 saturated carbocycles. The van der Waals surface area contributed by atoms with Crippen LogP contribution >= 0.6 is 22.9 Å². The molecule has 2 aromatic heterocycles. The molecule has 0 bridgehead atoms. The van der Waals surface area contributed by atoms with Gasteiger partial charge in [-0.3, -0.25) is 14.7 Å². The maximum atomic E-state index is 13.7. The van der Waals surface area contributed by atoms with Crippen LogP contribution in [-0.4, -0.2) is 55.1 Å². The summed E-state index contributed by atoms with van der Waals surface area (Å²) < 4.78 is 31.7. The highest BCUT2D eigenvalue weighted by Crippen LogP contribution is 2.39. The largest absolute Gasteiger partial charge is 0.494 e. The topological polar surface area (TPSA) is 92.7 Å². The van der Waals surface area contributed by atoms with Crippen molar-refractivity contribution < 1.29 is 17.9 Å². The number of carbonyl (C=O) groups excluding carboxylic acids is 1. The van der Waals surface area contributed by atoms with Crippen molar-refractivity contribution in [2.75, 3.05) is 31.4 Å². The van der Waals surface area contributed by atoms with Crippen LogP contribution in [0.3, 0.4) is 0 Å². The Morgan fingerprint density at radius 1 is 1.38 bits per heavy atom. The molecule has 3 heterocycles. The first-order valence-electron chi connectivity index (χ1n) is 10.1. The fraction of sp³-hybridized carbons (Fsp3) is 0.381. The van der Waals surface area contributed by atoms with Gasteiger partial charge in [-0.1, -0.05) is 29.0 Å². The Morgan fingerprint density at radius 3 is 2.88 bits per heavy atom. The van der Waals surface area contributed by atoms with Crippen LogP contribution in [0.2, 0.25) is 5.02 Å². The van der Waals surface area contributed by atoms with Gasteiger partial charge in [-0.25, -0.2) is 17.7 Å². The van der Waals surface area contributed by atoms with Crippen LogP contribution in [0.25, 0.3) is 10.2 Å². The molecule has 1 unspecified atom stereocenters. The van der Waals surface area contributed by atoms with E-state index >= 15 is 0 Å². The molecule has 0 spiro atoms. The molecule has 1 atom stereocenters. The van der Waals surface area contributed by atoms with Gasteiger partial charge in [0.15, 0.2) is 5.13 Å². The van der Waals surface area contributed by atoms with Crippen LogP contribution in [0.5, 0.6) is 5.75 Å². The molecule has 1 saturated heterocycles. The Morgan fingerprint density at radius 2 is 2.19 bits per heavy atom. The second kappa shape index (κ2) is 9.30. The number of fused-ring (bicyclic) bond motifs is 1. The first-order valence-corrected chi connectivity index (χ1v) is 13.1. The van der Waals surface area contributed by atoms with Gasteiger partial charge in [0, 0.05) is 25.5 Å². The summed E-state index contributed by atoms with van der Waals surface area (Å²) >= 11 is 7.70. The van der Waals surface area contributed by atoms with Crippen molar-refractivity contribution in [2.24, 2.45) is 5.92 Å². The standard InChI is InChI=1S/C21H23ClN4O4S2/c1-30-17-8-7-16(22)19-18(17)24-21(31-19)26(12-14-5-3-9-23-11-14)20(27)15-6-4-10-25(13-15)32(2,28)29/h3,5,7-9,11,15H,4,6,10,12-13H2,1-2H3. The minimum absolute atomic E-state index is 0.163. The van der Waals surface area contributed by atoms with Crippen molar-refractivity contribution in [3.63, 3.8) is 0 Å². The lowest BCUT2D eigenvalue weighted by molar-refractivity contribution is -0.123. The number of piperidine rings is 1. The number of sulfonamides is 1. The second-order valence-corrected chi connectivity index (χ2v) is 11.0. The van der Waals surface area contributed by atoms with Crippen molar-refractivity contribution in [1.82, 2.24) is 14.3 Å². The molecule has 8 nitrogen and oxygen atoms in total. The molecule has 4 rings (SSSR count). The number of rotatable bonds is 6. The van der Waals surface area contributed by atoms with Gasteiger partial charge in [-0.2, -0.15) is 0 Å². The van der Waals surface area contributed by atoms with E-state index < -0.39 is 15.9 Å². The Labute approximate surface area is 195 Å². The van der Waals surface area contributed by atoms with Crippen LogP contribution in [-0.2, 0) is 21.4 Å². The van der Waals surface area contributed by atoms with Crippen LogP contribution < -0.4 is 9.64 Å². The number of aromatic nitrogens is 2. The van der Waals surface area contributed by atoms with E-state index in [9.17, 15) is 13.2 Å². The van der Waals surface area contributed by atoms with E-state index in [0.29, 0.717) is 40.8 Å². The van der Waals surface area contributed by atoms with Crippen LogP contribution in [0.4, 0.5) is 5.13 Å². The average Bonchev–Trinajstić information content (AvgIpc) is 3.24. The number of benzene rings is 1. The Balaban J connectivity index is 1.73. The summed E-state index contributed by atoms with van der Waals surface area (Å²) in [5.41, 5.74) is 1.43. The SMILES string of the molecule is COc1ccc(Cl)c2sc(N(Cc3cccnc3)C(=O)C3CCCN(S(C)(=O)=O)C3)nc12. The van der Waals surface area contributed by atoms with E-state index in [2.05, 4.69) is 9.97 Å². The number of thiazole rings is 1. The Kier molecular flexibility index (Phi) is 6.66. The van der Waals surface area contributed by atoms with Crippen LogP contribution in [0.1, 0.15) is 18.4 Å². The predicted molar refractivity (Wildman–Crippen MR) is 126 cm³/mol. The number of methoxy groups -OCH3 is 1. The lowest BCUT2D eigenvalue weighted by Gasteiger charge is -2.33. The van der Waals surface area contributed by atoms with Crippen molar-refractivity contribution >= 4 is 54.2 Å². The number of pyridine rings is 1. The Bertz CT molecular complexity index is 1230. The van der Waals surface area contributed by atoms with Gasteiger partial charge in [0.25, 0.3) is 0 Å². The number of halogens is 1. The zero-order chi connectivity index (χ0) is 22.9. The third kappa shape index (κ3) is 4.73. The van der Waals surface area contributed by atoms with E-state index in [0.717, 1.165) is 10.3 Å². The van der Waals surface area contributed by atoms with Crippen molar-refractivity contribution in [3.8, 4) is 5.75 Å². The Hall–Kier alpha value is -2.27. The molecule has 1 amide bonds. The summed E-state index contributed by atoms with van der Waals surface area (Å²) in [5.74, 6) is -0.0579. The fourth-order valence-electron chi connectivity index (χ4n) is 3.80. The number of hydrogen-bond donors (Lipinski definition) is 0. The van der Waals surface area contributed by atoms with Gasteiger partial charge in [0.2, 0.25) is 15.9 Å². The highest BCUT2D eigenvalue weighted by Gasteiger charge is 2.34. The molecule has 0 radical (unpaired) electrons. The van der Waals surface area contributed by atoms with Gasteiger partial charge in [-0.15, -0.1) is 0 Å². The summed E-state index contributed by atoms with van der Waals surface area (Å²) in [6.07, 6.45) is 5.79. The van der Waals surface area contributed by atoms with Crippen molar-refractivity contribution in [1.29, 1.82) is 0 Å². The highest BCUT2D eigenvalue weighted by molar-refractivity contribution is 7.88. The summed E-state index contributed by atoms with van der Waals surface area (Å²) in [4.78, 5) is 24.1. The van der Waals surface area contributed by atoms with Gasteiger partial charge < -0.3 is 4.74 Å². The first-order chi connectivity index (χ1) is 15.3. The lowest BCUT2D eigenvalue weighted by Crippen LogP contribution is -2.46. The van der Waals surface area contributed by atoms with Gasteiger partial charge in [0.1, 0.15) is 11.3 Å². The van der Waals surface area contributed by atoms with Crippen LogP contribution in [0.15, 0.2) is 36.7 Å². The summed E-state index contributed by atoms with van der Waals surface area (Å²) in [6, 6.07) is 7.18. The fourth-order valence-corrected chi connectivity index (χ4v) is 5.97. The predicted octanol–water partition coefficient (Wildman–Crippen LogP) is 3.56. The van der Waals surface area contributed by atoms with Crippen molar-refractivity contribution in [3.05, 3.63) is 47.2 Å². The average molecular weight is 495 g/mol. The third-order valence-electron chi connectivity index (χ3n) is 5.43. The number of carbonyl (C=O) groups is 1. The molecule has 1 aromatic carbocycles.